The van der Waals surface area contributed by atoms with Crippen LogP contribution in [0.25, 0.3) is 11.5 Å². The molecule has 0 aliphatic heterocycles. The molecule has 6 heteroatoms. The van der Waals surface area contributed by atoms with Gasteiger partial charge in [0.2, 0.25) is 17.5 Å². The first kappa shape index (κ1) is 13.4. The number of rotatable bonds is 5. The molecule has 2 rings (SSSR count). The summed E-state index contributed by atoms with van der Waals surface area (Å²) in [5.41, 5.74) is 0.940. The molecule has 1 aromatic heterocycles. The van der Waals surface area contributed by atoms with Gasteiger partial charge in [-0.3, -0.25) is 0 Å². The molecule has 1 aromatic carbocycles. The quantitative estimate of drug-likeness (QED) is 0.851. The summed E-state index contributed by atoms with van der Waals surface area (Å²) in [7, 11) is 1.60. The van der Waals surface area contributed by atoms with Crippen molar-refractivity contribution >= 4 is 17.5 Å². The van der Waals surface area contributed by atoms with Crippen molar-refractivity contribution in [2.24, 2.45) is 0 Å². The van der Waals surface area contributed by atoms with Gasteiger partial charge in [0.25, 0.3) is 0 Å². The highest BCUT2D eigenvalue weighted by Crippen LogP contribution is 2.26. The van der Waals surface area contributed by atoms with Gasteiger partial charge < -0.3 is 14.5 Å². The molecule has 0 radical (unpaired) electrons. The van der Waals surface area contributed by atoms with Crippen LogP contribution < -0.4 is 5.32 Å². The summed E-state index contributed by atoms with van der Waals surface area (Å²) < 4.78 is 10.5. The van der Waals surface area contributed by atoms with E-state index in [-0.39, 0.29) is 5.69 Å². The normalized spacial score (nSPS) is 10.2. The van der Waals surface area contributed by atoms with Crippen LogP contribution in [0.1, 0.15) is 5.69 Å². The van der Waals surface area contributed by atoms with Crippen molar-refractivity contribution in [2.45, 2.75) is 0 Å². The molecule has 0 spiro atoms. The largest absolute Gasteiger partial charge is 0.419 e. The topological polar surface area (TPSA) is 71.1 Å². The number of hydrogen-bond acceptors (Lipinski definition) is 5. The molecular formula is C13H12ClN3O2. The van der Waals surface area contributed by atoms with Crippen LogP contribution in [0.2, 0.25) is 5.02 Å². The van der Waals surface area contributed by atoms with Crippen LogP contribution in [0.3, 0.4) is 0 Å². The van der Waals surface area contributed by atoms with Crippen LogP contribution in [0.4, 0.5) is 5.88 Å². The smallest absolute Gasteiger partial charge is 0.232 e. The van der Waals surface area contributed by atoms with E-state index in [1.807, 2.05) is 12.1 Å². The first-order chi connectivity index (χ1) is 9.24. The highest BCUT2D eigenvalue weighted by atomic mass is 35.5. The van der Waals surface area contributed by atoms with E-state index in [9.17, 15) is 0 Å². The number of aromatic nitrogens is 1. The van der Waals surface area contributed by atoms with Gasteiger partial charge in [0.15, 0.2) is 0 Å². The Kier molecular flexibility index (Phi) is 4.39. The lowest BCUT2D eigenvalue weighted by atomic mass is 10.2. The number of methoxy groups -OCH3 is 1. The Labute approximate surface area is 115 Å². The Balaban J connectivity index is 2.26. The summed E-state index contributed by atoms with van der Waals surface area (Å²) in [6.45, 7) is 1.05. The second-order valence-electron chi connectivity index (χ2n) is 3.74. The molecule has 0 fully saturated rings. The third-order valence-corrected chi connectivity index (χ3v) is 2.63. The van der Waals surface area contributed by atoms with Gasteiger partial charge in [-0.15, -0.1) is 0 Å². The van der Waals surface area contributed by atoms with E-state index < -0.39 is 0 Å². The minimum absolute atomic E-state index is 0.214. The Morgan fingerprint density at radius 3 is 3.05 bits per heavy atom. The SMILES string of the molecule is COCCNc1oc(-c2cccc(Cl)c2)nc1C#N. The summed E-state index contributed by atoms with van der Waals surface area (Å²) in [6, 6.07) is 9.09. The molecule has 0 bridgehead atoms. The molecule has 0 unspecified atom stereocenters. The Morgan fingerprint density at radius 1 is 1.53 bits per heavy atom. The molecule has 0 aliphatic carbocycles. The van der Waals surface area contributed by atoms with Crippen LogP contribution in [-0.4, -0.2) is 25.2 Å². The number of nitriles is 1. The lowest BCUT2D eigenvalue weighted by Gasteiger charge is -2.00. The number of oxazole rings is 1. The average Bonchev–Trinajstić information content (AvgIpc) is 2.82. The predicted molar refractivity (Wildman–Crippen MR) is 72.0 cm³/mol. The maximum atomic E-state index is 9.02. The first-order valence-electron chi connectivity index (χ1n) is 5.64. The molecule has 0 saturated carbocycles. The Hall–Kier alpha value is -2.03. The van der Waals surface area contributed by atoms with E-state index in [4.69, 9.17) is 26.0 Å². The molecule has 19 heavy (non-hydrogen) atoms. The minimum atomic E-state index is 0.214. The third kappa shape index (κ3) is 3.25. The van der Waals surface area contributed by atoms with E-state index in [0.717, 1.165) is 5.56 Å². The van der Waals surface area contributed by atoms with Crippen LogP contribution >= 0.6 is 11.6 Å². The van der Waals surface area contributed by atoms with E-state index in [1.54, 1.807) is 25.3 Å². The Bertz CT molecular complexity index is 604. The van der Waals surface area contributed by atoms with Crippen molar-refractivity contribution in [1.82, 2.24) is 4.98 Å². The summed E-state index contributed by atoms with van der Waals surface area (Å²) >= 11 is 5.91. The fourth-order valence-electron chi connectivity index (χ4n) is 1.53. The molecular weight excluding hydrogens is 266 g/mol. The van der Waals surface area contributed by atoms with Crippen molar-refractivity contribution in [1.29, 1.82) is 5.26 Å². The van der Waals surface area contributed by atoms with Gasteiger partial charge >= 0.3 is 0 Å². The van der Waals surface area contributed by atoms with Gasteiger partial charge in [-0.1, -0.05) is 17.7 Å². The monoisotopic (exact) mass is 277 g/mol. The summed E-state index contributed by atoms with van der Waals surface area (Å²) in [6.07, 6.45) is 0. The van der Waals surface area contributed by atoms with Crippen molar-refractivity contribution in [3.05, 3.63) is 35.0 Å². The summed E-state index contributed by atoms with van der Waals surface area (Å²) in [5.74, 6) is 0.702. The average molecular weight is 278 g/mol. The second-order valence-corrected chi connectivity index (χ2v) is 4.17. The lowest BCUT2D eigenvalue weighted by Crippen LogP contribution is -2.07. The summed E-state index contributed by atoms with van der Waals surface area (Å²) in [5, 5.41) is 12.6. The van der Waals surface area contributed by atoms with Gasteiger partial charge in [-0.2, -0.15) is 10.2 Å². The zero-order valence-electron chi connectivity index (χ0n) is 10.3. The number of anilines is 1. The van der Waals surface area contributed by atoms with Crippen LogP contribution in [-0.2, 0) is 4.74 Å². The minimum Gasteiger partial charge on any atom is -0.419 e. The number of ether oxygens (including phenoxy) is 1. The molecule has 2 aromatic rings. The van der Waals surface area contributed by atoms with Crippen molar-refractivity contribution in [2.75, 3.05) is 25.6 Å². The number of benzene rings is 1. The number of nitrogens with zero attached hydrogens (tertiary/aromatic N) is 2. The molecule has 0 aliphatic rings. The van der Waals surface area contributed by atoms with Crippen LogP contribution in [0, 0.1) is 11.3 Å². The van der Waals surface area contributed by atoms with E-state index in [2.05, 4.69) is 10.3 Å². The zero-order valence-corrected chi connectivity index (χ0v) is 11.1. The van der Waals surface area contributed by atoms with Crippen molar-refractivity contribution in [3.8, 4) is 17.5 Å². The molecule has 98 valence electrons. The number of halogens is 1. The van der Waals surface area contributed by atoms with Crippen molar-refractivity contribution in [3.63, 3.8) is 0 Å². The summed E-state index contributed by atoms with van der Waals surface area (Å²) in [4.78, 5) is 4.13. The fraction of sp³-hybridized carbons (Fsp3) is 0.231. The van der Waals surface area contributed by atoms with Gasteiger partial charge in [-0.25, -0.2) is 0 Å². The second kappa shape index (κ2) is 6.23. The van der Waals surface area contributed by atoms with E-state index in [1.165, 1.54) is 0 Å². The maximum absolute atomic E-state index is 9.02. The zero-order chi connectivity index (χ0) is 13.7. The van der Waals surface area contributed by atoms with E-state index in [0.29, 0.717) is 29.9 Å². The maximum Gasteiger partial charge on any atom is 0.232 e. The Morgan fingerprint density at radius 2 is 2.37 bits per heavy atom. The lowest BCUT2D eigenvalue weighted by molar-refractivity contribution is 0.210. The molecule has 1 N–H and O–H groups in total. The van der Waals surface area contributed by atoms with Crippen LogP contribution in [0.5, 0.6) is 0 Å². The standard InChI is InChI=1S/C13H12ClN3O2/c1-18-6-5-16-13-11(8-15)17-12(19-13)9-3-2-4-10(14)7-9/h2-4,7,16H,5-6H2,1H3. The first-order valence-corrected chi connectivity index (χ1v) is 6.02. The molecule has 0 saturated heterocycles. The highest BCUT2D eigenvalue weighted by Gasteiger charge is 2.14. The molecule has 5 nitrogen and oxygen atoms in total. The van der Waals surface area contributed by atoms with Gasteiger partial charge in [0.05, 0.1) is 6.61 Å². The predicted octanol–water partition coefficient (Wildman–Crippen LogP) is 2.92. The van der Waals surface area contributed by atoms with Gasteiger partial charge in [0.1, 0.15) is 6.07 Å². The highest BCUT2D eigenvalue weighted by molar-refractivity contribution is 6.30. The molecule has 1 heterocycles. The van der Waals surface area contributed by atoms with Gasteiger partial charge in [0, 0.05) is 24.2 Å². The molecule has 0 amide bonds. The number of nitrogens with one attached hydrogen (secondary N) is 1. The van der Waals surface area contributed by atoms with Gasteiger partial charge in [-0.05, 0) is 18.2 Å². The van der Waals surface area contributed by atoms with E-state index >= 15 is 0 Å². The van der Waals surface area contributed by atoms with Crippen LogP contribution in [0.15, 0.2) is 28.7 Å². The van der Waals surface area contributed by atoms with Crippen molar-refractivity contribution < 1.29 is 9.15 Å². The third-order valence-electron chi connectivity index (χ3n) is 2.40. The number of hydrogen-bond donors (Lipinski definition) is 1. The fourth-order valence-corrected chi connectivity index (χ4v) is 1.72. The molecule has 0 atom stereocenters.